The van der Waals surface area contributed by atoms with Crippen LogP contribution in [0.4, 0.5) is 0 Å². The van der Waals surface area contributed by atoms with Crippen molar-refractivity contribution in [2.45, 2.75) is 0 Å². The lowest BCUT2D eigenvalue weighted by atomic mass is 9.99. The molecule has 6 aromatic carbocycles. The molecule has 2 heteroatoms. The van der Waals surface area contributed by atoms with Gasteiger partial charge in [0.25, 0.3) is 0 Å². The molecule has 0 aliphatic heterocycles. The molecule has 9 aromatic rings. The van der Waals surface area contributed by atoms with Crippen LogP contribution in [0.5, 0.6) is 0 Å². The van der Waals surface area contributed by atoms with Crippen molar-refractivity contribution in [1.82, 2.24) is 4.40 Å². The molecule has 0 radical (unpaired) electrons. The molecule has 3 aromatic heterocycles. The monoisotopic (exact) mass is 457 g/mol. The van der Waals surface area contributed by atoms with Crippen LogP contribution in [0.25, 0.3) is 81.9 Å². The van der Waals surface area contributed by atoms with E-state index in [9.17, 15) is 0 Å². The van der Waals surface area contributed by atoms with Gasteiger partial charge in [0, 0.05) is 37.9 Å². The summed E-state index contributed by atoms with van der Waals surface area (Å²) in [5.41, 5.74) is 8.00. The summed E-state index contributed by atoms with van der Waals surface area (Å²) in [5, 5.41) is 10.1. The van der Waals surface area contributed by atoms with Gasteiger partial charge in [-0.2, -0.15) is 0 Å². The van der Waals surface area contributed by atoms with Crippen LogP contribution in [0.1, 0.15) is 0 Å². The Hall–Kier alpha value is -4.82. The van der Waals surface area contributed by atoms with Crippen molar-refractivity contribution >= 4 is 70.8 Å². The van der Waals surface area contributed by atoms with E-state index in [0.29, 0.717) is 0 Å². The summed E-state index contributed by atoms with van der Waals surface area (Å²) in [6.45, 7) is 0. The van der Waals surface area contributed by atoms with Crippen LogP contribution < -0.4 is 0 Å². The first-order chi connectivity index (χ1) is 17.8. The van der Waals surface area contributed by atoms with Crippen molar-refractivity contribution in [3.63, 3.8) is 0 Å². The zero-order valence-electron chi connectivity index (χ0n) is 19.3. The van der Waals surface area contributed by atoms with Gasteiger partial charge >= 0.3 is 0 Å². The maximum atomic E-state index is 6.36. The average Bonchev–Trinajstić information content (AvgIpc) is 3.58. The first-order valence-corrected chi connectivity index (χ1v) is 12.4. The van der Waals surface area contributed by atoms with Gasteiger partial charge in [-0.1, -0.05) is 84.9 Å². The molecule has 0 aliphatic rings. The molecule has 3 heterocycles. The van der Waals surface area contributed by atoms with Crippen LogP contribution in [0.15, 0.2) is 120 Å². The van der Waals surface area contributed by atoms with Crippen LogP contribution in [-0.4, -0.2) is 4.40 Å². The number of para-hydroxylation sites is 3. The number of fused-ring (bicyclic) bond motifs is 10. The highest BCUT2D eigenvalue weighted by Gasteiger charge is 2.19. The molecule has 0 N–H and O–H groups in total. The standard InChI is InChI=1S/C34H19NO/c1-2-8-21-19-31-29(17-20(21)7-1)26-12-6-11-25-28-18-22(15-16-30(28)35(31)33(25)26)23-10-5-13-27-24-9-3-4-14-32(24)36-34(23)27/h1-19H. The third-order valence-electron chi connectivity index (χ3n) is 7.90. The van der Waals surface area contributed by atoms with Crippen LogP contribution in [-0.2, 0) is 0 Å². The molecule has 0 saturated heterocycles. The first-order valence-electron chi connectivity index (χ1n) is 12.4. The molecule has 36 heavy (non-hydrogen) atoms. The van der Waals surface area contributed by atoms with Crippen LogP contribution in [0.2, 0.25) is 0 Å². The molecular weight excluding hydrogens is 438 g/mol. The van der Waals surface area contributed by atoms with E-state index < -0.39 is 0 Å². The SMILES string of the molecule is c1ccc2cc3c(cc2c1)c1cccc2c4cc(-c5cccc6c5oc5ccccc56)ccc4n3c21. The summed E-state index contributed by atoms with van der Waals surface area (Å²) in [5.74, 6) is 0. The Bertz CT molecular complexity index is 2310. The van der Waals surface area contributed by atoms with E-state index in [2.05, 4.69) is 108 Å². The number of hydrogen-bond donors (Lipinski definition) is 0. The lowest BCUT2D eigenvalue weighted by Gasteiger charge is -2.05. The molecule has 0 amide bonds. The highest BCUT2D eigenvalue weighted by molar-refractivity contribution is 6.25. The maximum Gasteiger partial charge on any atom is 0.143 e. The predicted octanol–water partition coefficient (Wildman–Crippen LogP) is 9.56. The zero-order valence-corrected chi connectivity index (χ0v) is 19.3. The first kappa shape index (κ1) is 18.5. The van der Waals surface area contributed by atoms with E-state index in [1.54, 1.807) is 0 Å². The Morgan fingerprint density at radius 3 is 2.06 bits per heavy atom. The van der Waals surface area contributed by atoms with E-state index in [1.807, 2.05) is 12.1 Å². The van der Waals surface area contributed by atoms with Crippen LogP contribution >= 0.6 is 0 Å². The highest BCUT2D eigenvalue weighted by Crippen LogP contribution is 2.42. The van der Waals surface area contributed by atoms with Crippen molar-refractivity contribution < 1.29 is 4.42 Å². The number of rotatable bonds is 1. The Morgan fingerprint density at radius 2 is 1.17 bits per heavy atom. The Kier molecular flexibility index (Phi) is 3.31. The fourth-order valence-corrected chi connectivity index (χ4v) is 6.31. The van der Waals surface area contributed by atoms with Gasteiger partial charge in [-0.15, -0.1) is 0 Å². The van der Waals surface area contributed by atoms with Crippen LogP contribution in [0.3, 0.4) is 0 Å². The summed E-state index contributed by atoms with van der Waals surface area (Å²) in [4.78, 5) is 0. The molecule has 0 unspecified atom stereocenters. The largest absolute Gasteiger partial charge is 0.455 e. The quantitative estimate of drug-likeness (QED) is 0.240. The van der Waals surface area contributed by atoms with Gasteiger partial charge in [0.2, 0.25) is 0 Å². The van der Waals surface area contributed by atoms with Gasteiger partial charge in [-0.25, -0.2) is 0 Å². The van der Waals surface area contributed by atoms with Crippen molar-refractivity contribution in [2.24, 2.45) is 0 Å². The fraction of sp³-hybridized carbons (Fsp3) is 0. The van der Waals surface area contributed by atoms with E-state index in [-0.39, 0.29) is 0 Å². The molecule has 0 spiro atoms. The molecular formula is C34H19NO. The van der Waals surface area contributed by atoms with Crippen molar-refractivity contribution in [2.75, 3.05) is 0 Å². The summed E-state index contributed by atoms with van der Waals surface area (Å²) in [7, 11) is 0. The van der Waals surface area contributed by atoms with Gasteiger partial charge < -0.3 is 8.82 Å². The molecule has 0 atom stereocenters. The number of hydrogen-bond acceptors (Lipinski definition) is 1. The molecule has 2 nitrogen and oxygen atoms in total. The molecule has 9 rings (SSSR count). The van der Waals surface area contributed by atoms with Gasteiger partial charge in [-0.3, -0.25) is 0 Å². The zero-order chi connectivity index (χ0) is 23.4. The summed E-state index contributed by atoms with van der Waals surface area (Å²) < 4.78 is 8.81. The molecule has 166 valence electrons. The Balaban J connectivity index is 1.39. The van der Waals surface area contributed by atoms with Gasteiger partial charge in [0.15, 0.2) is 0 Å². The van der Waals surface area contributed by atoms with Gasteiger partial charge in [0.05, 0.1) is 16.6 Å². The maximum absolute atomic E-state index is 6.36. The second kappa shape index (κ2) is 6.44. The Morgan fingerprint density at radius 1 is 0.472 bits per heavy atom. The fourth-order valence-electron chi connectivity index (χ4n) is 6.31. The van der Waals surface area contributed by atoms with E-state index in [4.69, 9.17) is 4.42 Å². The second-order valence-electron chi connectivity index (χ2n) is 9.77. The minimum absolute atomic E-state index is 0.931. The molecule has 0 fully saturated rings. The smallest absolute Gasteiger partial charge is 0.143 e. The lowest BCUT2D eigenvalue weighted by molar-refractivity contribution is 0.670. The minimum Gasteiger partial charge on any atom is -0.455 e. The van der Waals surface area contributed by atoms with Crippen molar-refractivity contribution in [1.29, 1.82) is 0 Å². The predicted molar refractivity (Wildman–Crippen MR) is 151 cm³/mol. The van der Waals surface area contributed by atoms with Crippen LogP contribution in [0, 0.1) is 0 Å². The average molecular weight is 458 g/mol. The number of aromatic nitrogens is 1. The summed E-state index contributed by atoms with van der Waals surface area (Å²) >= 11 is 0. The van der Waals surface area contributed by atoms with Crippen molar-refractivity contribution in [3.05, 3.63) is 115 Å². The molecule has 0 saturated carbocycles. The van der Waals surface area contributed by atoms with E-state index in [1.165, 1.54) is 54.4 Å². The number of benzene rings is 6. The highest BCUT2D eigenvalue weighted by atomic mass is 16.3. The second-order valence-corrected chi connectivity index (χ2v) is 9.77. The Labute approximate surface area is 205 Å². The number of nitrogens with zero attached hydrogens (tertiary/aromatic N) is 1. The van der Waals surface area contributed by atoms with Crippen molar-refractivity contribution in [3.8, 4) is 11.1 Å². The summed E-state index contributed by atoms with van der Waals surface area (Å²) in [6.07, 6.45) is 0. The lowest BCUT2D eigenvalue weighted by Crippen LogP contribution is -1.83. The molecule has 0 bridgehead atoms. The van der Waals surface area contributed by atoms with E-state index in [0.717, 1.165) is 27.5 Å². The number of furan rings is 1. The third kappa shape index (κ3) is 2.22. The molecule has 0 aliphatic carbocycles. The topological polar surface area (TPSA) is 17.6 Å². The van der Waals surface area contributed by atoms with Gasteiger partial charge in [-0.05, 0) is 46.7 Å². The summed E-state index contributed by atoms with van der Waals surface area (Å²) in [6, 6.07) is 41.6. The minimum atomic E-state index is 0.931. The van der Waals surface area contributed by atoms with Gasteiger partial charge in [0.1, 0.15) is 11.2 Å². The third-order valence-corrected chi connectivity index (χ3v) is 7.90. The van der Waals surface area contributed by atoms with E-state index >= 15 is 0 Å². The normalized spacial score (nSPS) is 12.4.